The van der Waals surface area contributed by atoms with E-state index in [4.69, 9.17) is 12.2 Å². The van der Waals surface area contributed by atoms with E-state index in [1.54, 1.807) is 7.05 Å². The second kappa shape index (κ2) is 5.12. The molecule has 0 amide bonds. The molecular weight excluding hydrogens is 220 g/mol. The first-order valence-electron chi connectivity index (χ1n) is 5.49. The summed E-state index contributed by atoms with van der Waals surface area (Å²) < 4.78 is 0. The molecule has 1 saturated heterocycles. The summed E-state index contributed by atoms with van der Waals surface area (Å²) in [6, 6.07) is 4.04. The Labute approximate surface area is 101 Å². The maximum absolute atomic E-state index is 5.02. The Kier molecular flexibility index (Phi) is 3.56. The van der Waals surface area contributed by atoms with Crippen LogP contribution in [0.4, 0.5) is 11.5 Å². The highest BCUT2D eigenvalue weighted by atomic mass is 32.1. The van der Waals surface area contributed by atoms with Crippen molar-refractivity contribution < 1.29 is 0 Å². The number of nitrogens with one attached hydrogen (secondary N) is 2. The van der Waals surface area contributed by atoms with Crippen molar-refractivity contribution in [3.63, 3.8) is 0 Å². The zero-order chi connectivity index (χ0) is 11.4. The molecule has 0 spiro atoms. The highest BCUT2D eigenvalue weighted by Crippen LogP contribution is 2.18. The molecule has 0 unspecified atom stereocenters. The molecule has 0 bridgehead atoms. The van der Waals surface area contributed by atoms with Gasteiger partial charge >= 0.3 is 0 Å². The molecule has 86 valence electrons. The van der Waals surface area contributed by atoms with Crippen LogP contribution in [0.5, 0.6) is 0 Å². The SMILES string of the molecule is CNC(=S)Nc1ccc(N2CCCC2)nc1. The molecule has 0 saturated carbocycles. The van der Waals surface area contributed by atoms with Crippen molar-refractivity contribution in [2.24, 2.45) is 0 Å². The van der Waals surface area contributed by atoms with E-state index in [2.05, 4.69) is 20.5 Å². The normalized spacial score (nSPS) is 14.9. The molecule has 0 aliphatic carbocycles. The molecule has 1 aliphatic rings. The van der Waals surface area contributed by atoms with Gasteiger partial charge in [-0.1, -0.05) is 0 Å². The summed E-state index contributed by atoms with van der Waals surface area (Å²) >= 11 is 5.02. The monoisotopic (exact) mass is 236 g/mol. The quantitative estimate of drug-likeness (QED) is 0.763. The predicted octanol–water partition coefficient (Wildman–Crippen LogP) is 1.60. The largest absolute Gasteiger partial charge is 0.366 e. The van der Waals surface area contributed by atoms with Crippen molar-refractivity contribution in [1.29, 1.82) is 0 Å². The third-order valence-electron chi connectivity index (χ3n) is 2.66. The number of anilines is 2. The van der Waals surface area contributed by atoms with Gasteiger partial charge in [-0.05, 0) is 37.2 Å². The molecular formula is C11H16N4S. The molecule has 4 nitrogen and oxygen atoms in total. The number of pyridine rings is 1. The first kappa shape index (κ1) is 11.1. The van der Waals surface area contributed by atoms with Crippen LogP contribution in [0.1, 0.15) is 12.8 Å². The first-order chi connectivity index (χ1) is 7.79. The lowest BCUT2D eigenvalue weighted by Gasteiger charge is -2.16. The molecule has 16 heavy (non-hydrogen) atoms. The minimum Gasteiger partial charge on any atom is -0.366 e. The summed E-state index contributed by atoms with van der Waals surface area (Å²) in [6.07, 6.45) is 4.36. The topological polar surface area (TPSA) is 40.2 Å². The summed E-state index contributed by atoms with van der Waals surface area (Å²) in [5, 5.41) is 6.52. The van der Waals surface area contributed by atoms with Crippen LogP contribution in [-0.4, -0.2) is 30.2 Å². The molecule has 5 heteroatoms. The average Bonchev–Trinajstić information content (AvgIpc) is 2.83. The number of hydrogen-bond acceptors (Lipinski definition) is 3. The van der Waals surface area contributed by atoms with Gasteiger partial charge in [-0.3, -0.25) is 0 Å². The average molecular weight is 236 g/mol. The van der Waals surface area contributed by atoms with Gasteiger partial charge < -0.3 is 15.5 Å². The summed E-state index contributed by atoms with van der Waals surface area (Å²) in [4.78, 5) is 6.73. The van der Waals surface area contributed by atoms with E-state index in [0.717, 1.165) is 24.6 Å². The smallest absolute Gasteiger partial charge is 0.170 e. The molecule has 2 heterocycles. The summed E-state index contributed by atoms with van der Waals surface area (Å²) in [5.74, 6) is 1.05. The van der Waals surface area contributed by atoms with Gasteiger partial charge in [0.2, 0.25) is 0 Å². The second-order valence-electron chi connectivity index (χ2n) is 3.80. The molecule has 0 aromatic carbocycles. The van der Waals surface area contributed by atoms with Crippen LogP contribution in [-0.2, 0) is 0 Å². The number of aromatic nitrogens is 1. The van der Waals surface area contributed by atoms with Crippen molar-refractivity contribution in [2.75, 3.05) is 30.4 Å². The fraction of sp³-hybridized carbons (Fsp3) is 0.455. The number of thiocarbonyl (C=S) groups is 1. The summed E-state index contributed by atoms with van der Waals surface area (Å²) in [7, 11) is 1.79. The Bertz CT molecular complexity index is 357. The van der Waals surface area contributed by atoms with Crippen molar-refractivity contribution in [1.82, 2.24) is 10.3 Å². The van der Waals surface area contributed by atoms with E-state index in [9.17, 15) is 0 Å². The molecule has 2 rings (SSSR count). The Morgan fingerprint density at radius 1 is 1.38 bits per heavy atom. The zero-order valence-corrected chi connectivity index (χ0v) is 10.2. The zero-order valence-electron chi connectivity index (χ0n) is 9.36. The van der Waals surface area contributed by atoms with Crippen LogP contribution >= 0.6 is 12.2 Å². The minimum atomic E-state index is 0.607. The maximum atomic E-state index is 5.02. The van der Waals surface area contributed by atoms with Crippen molar-refractivity contribution >= 4 is 28.8 Å². The van der Waals surface area contributed by atoms with Crippen molar-refractivity contribution in [3.8, 4) is 0 Å². The third-order valence-corrected chi connectivity index (χ3v) is 2.97. The maximum Gasteiger partial charge on any atom is 0.170 e. The predicted molar refractivity (Wildman–Crippen MR) is 71.0 cm³/mol. The molecule has 2 N–H and O–H groups in total. The van der Waals surface area contributed by atoms with Gasteiger partial charge in [0, 0.05) is 20.1 Å². The highest BCUT2D eigenvalue weighted by molar-refractivity contribution is 7.80. The lowest BCUT2D eigenvalue weighted by Crippen LogP contribution is -2.24. The lowest BCUT2D eigenvalue weighted by molar-refractivity contribution is 0.938. The van der Waals surface area contributed by atoms with E-state index in [1.165, 1.54) is 12.8 Å². The Hall–Kier alpha value is -1.36. The van der Waals surface area contributed by atoms with Gasteiger partial charge in [0.25, 0.3) is 0 Å². The van der Waals surface area contributed by atoms with Crippen LogP contribution in [0.25, 0.3) is 0 Å². The van der Waals surface area contributed by atoms with Crippen LogP contribution in [0.2, 0.25) is 0 Å². The van der Waals surface area contributed by atoms with E-state index < -0.39 is 0 Å². The van der Waals surface area contributed by atoms with Crippen molar-refractivity contribution in [3.05, 3.63) is 18.3 Å². The first-order valence-corrected chi connectivity index (χ1v) is 5.90. The lowest BCUT2D eigenvalue weighted by atomic mass is 10.4. The van der Waals surface area contributed by atoms with E-state index in [0.29, 0.717) is 5.11 Å². The summed E-state index contributed by atoms with van der Waals surface area (Å²) in [6.45, 7) is 2.24. The highest BCUT2D eigenvalue weighted by Gasteiger charge is 2.12. The molecule has 1 aromatic heterocycles. The third kappa shape index (κ3) is 2.61. The van der Waals surface area contributed by atoms with Crippen LogP contribution < -0.4 is 15.5 Å². The van der Waals surface area contributed by atoms with Gasteiger partial charge in [-0.15, -0.1) is 0 Å². The van der Waals surface area contributed by atoms with Gasteiger partial charge in [-0.2, -0.15) is 0 Å². The number of rotatable bonds is 2. The van der Waals surface area contributed by atoms with Gasteiger partial charge in [-0.25, -0.2) is 4.98 Å². The number of hydrogen-bond donors (Lipinski definition) is 2. The van der Waals surface area contributed by atoms with Crippen LogP contribution in [0.15, 0.2) is 18.3 Å². The molecule has 0 radical (unpaired) electrons. The molecule has 1 aliphatic heterocycles. The Morgan fingerprint density at radius 3 is 2.69 bits per heavy atom. The van der Waals surface area contributed by atoms with Crippen LogP contribution in [0.3, 0.4) is 0 Å². The number of nitrogens with zero attached hydrogens (tertiary/aromatic N) is 2. The van der Waals surface area contributed by atoms with Gasteiger partial charge in [0.1, 0.15) is 5.82 Å². The van der Waals surface area contributed by atoms with Gasteiger partial charge in [0.15, 0.2) is 5.11 Å². The van der Waals surface area contributed by atoms with E-state index in [-0.39, 0.29) is 0 Å². The minimum absolute atomic E-state index is 0.607. The van der Waals surface area contributed by atoms with Gasteiger partial charge in [0.05, 0.1) is 11.9 Å². The Morgan fingerprint density at radius 2 is 2.12 bits per heavy atom. The fourth-order valence-corrected chi connectivity index (χ4v) is 1.90. The fourth-order valence-electron chi connectivity index (χ4n) is 1.79. The van der Waals surface area contributed by atoms with Crippen LogP contribution in [0, 0.1) is 0 Å². The van der Waals surface area contributed by atoms with E-state index in [1.807, 2.05) is 18.3 Å². The molecule has 1 fully saturated rings. The molecule has 0 atom stereocenters. The Balaban J connectivity index is 2.01. The second-order valence-corrected chi connectivity index (χ2v) is 4.21. The summed E-state index contributed by atoms with van der Waals surface area (Å²) in [5.41, 5.74) is 0.919. The standard InChI is InChI=1S/C11H16N4S/c1-12-11(16)14-9-4-5-10(13-8-9)15-6-2-3-7-15/h4-5,8H,2-3,6-7H2,1H3,(H2,12,14,16). The van der Waals surface area contributed by atoms with E-state index >= 15 is 0 Å². The van der Waals surface area contributed by atoms with Crippen molar-refractivity contribution in [2.45, 2.75) is 12.8 Å². The molecule has 1 aromatic rings.